The van der Waals surface area contributed by atoms with E-state index in [0.717, 1.165) is 38.0 Å². The smallest absolute Gasteiger partial charge is 0.236 e. The number of hydrogen-bond acceptors (Lipinski definition) is 5. The minimum absolute atomic E-state index is 0.196. The van der Waals surface area contributed by atoms with Crippen molar-refractivity contribution in [1.82, 2.24) is 19.7 Å². The molecule has 0 spiro atoms. The van der Waals surface area contributed by atoms with E-state index in [1.165, 1.54) is 0 Å². The van der Waals surface area contributed by atoms with E-state index in [4.69, 9.17) is 0 Å². The summed E-state index contributed by atoms with van der Waals surface area (Å²) < 4.78 is 0. The highest BCUT2D eigenvalue weighted by atomic mass is 16.3. The monoisotopic (exact) mass is 346 g/mol. The van der Waals surface area contributed by atoms with Crippen molar-refractivity contribution in [2.24, 2.45) is 11.8 Å². The van der Waals surface area contributed by atoms with Gasteiger partial charge in [-0.05, 0) is 63.5 Å². The Bertz CT molecular complexity index is 580. The molecule has 1 saturated carbocycles. The van der Waals surface area contributed by atoms with E-state index in [2.05, 4.69) is 14.8 Å². The van der Waals surface area contributed by atoms with Gasteiger partial charge in [-0.3, -0.25) is 14.7 Å². The van der Waals surface area contributed by atoms with Crippen LogP contribution in [0.1, 0.15) is 18.4 Å². The normalized spacial score (nSPS) is 29.3. The Morgan fingerprint density at radius 1 is 1.20 bits per heavy atom. The number of hydrogen-bond donors (Lipinski definition) is 1. The molecule has 1 aromatic heterocycles. The summed E-state index contributed by atoms with van der Waals surface area (Å²) in [7, 11) is 6.04. The molecule has 1 aliphatic carbocycles. The lowest BCUT2D eigenvalue weighted by atomic mass is 9.77. The molecule has 1 amide bonds. The number of carbonyl (C=O) groups is 1. The molecule has 0 bridgehead atoms. The molecule has 1 aromatic rings. The van der Waals surface area contributed by atoms with Gasteiger partial charge < -0.3 is 14.9 Å². The predicted octanol–water partition coefficient (Wildman–Crippen LogP) is 0.673. The Morgan fingerprint density at radius 2 is 1.84 bits per heavy atom. The van der Waals surface area contributed by atoms with Crippen LogP contribution < -0.4 is 0 Å². The van der Waals surface area contributed by atoms with E-state index in [1.54, 1.807) is 12.4 Å². The molecule has 0 aromatic carbocycles. The zero-order valence-corrected chi connectivity index (χ0v) is 15.5. The van der Waals surface area contributed by atoms with E-state index in [1.807, 2.05) is 38.2 Å². The molecule has 2 heterocycles. The molecule has 4 atom stereocenters. The number of fused-ring (bicyclic) bond motifs is 1. The molecule has 3 rings (SSSR count). The van der Waals surface area contributed by atoms with Crippen LogP contribution in [0.4, 0.5) is 0 Å². The number of likely N-dealkylation sites (N-methyl/N-ethyl adjacent to an activating group) is 2. The van der Waals surface area contributed by atoms with Gasteiger partial charge in [0.05, 0.1) is 12.6 Å². The van der Waals surface area contributed by atoms with Crippen molar-refractivity contribution >= 4 is 5.91 Å². The second-order valence-electron chi connectivity index (χ2n) is 7.92. The van der Waals surface area contributed by atoms with E-state index < -0.39 is 0 Å². The summed E-state index contributed by atoms with van der Waals surface area (Å²) in [5.41, 5.74) is 1.16. The molecule has 1 aliphatic heterocycles. The Morgan fingerprint density at radius 3 is 2.48 bits per heavy atom. The summed E-state index contributed by atoms with van der Waals surface area (Å²) in [5.74, 6) is 1.16. The lowest BCUT2D eigenvalue weighted by molar-refractivity contribution is -0.131. The molecule has 138 valence electrons. The first-order valence-corrected chi connectivity index (χ1v) is 9.13. The van der Waals surface area contributed by atoms with Gasteiger partial charge in [0.2, 0.25) is 5.91 Å². The summed E-state index contributed by atoms with van der Waals surface area (Å²) in [6.45, 7) is 2.81. The molecular weight excluding hydrogens is 316 g/mol. The predicted molar refractivity (Wildman–Crippen MR) is 96.8 cm³/mol. The van der Waals surface area contributed by atoms with Crippen LogP contribution in [0.2, 0.25) is 0 Å². The number of carbonyl (C=O) groups excluding carboxylic acids is 1. The largest absolute Gasteiger partial charge is 0.391 e. The zero-order chi connectivity index (χ0) is 18.0. The van der Waals surface area contributed by atoms with Crippen LogP contribution in [0.5, 0.6) is 0 Å². The van der Waals surface area contributed by atoms with E-state index in [0.29, 0.717) is 18.4 Å². The maximum atomic E-state index is 12.7. The highest BCUT2D eigenvalue weighted by molar-refractivity contribution is 5.78. The maximum Gasteiger partial charge on any atom is 0.236 e. The van der Waals surface area contributed by atoms with Gasteiger partial charge in [-0.15, -0.1) is 0 Å². The number of rotatable bonds is 5. The van der Waals surface area contributed by atoms with Crippen LogP contribution in [-0.2, 0) is 11.3 Å². The third-order valence-electron chi connectivity index (χ3n) is 5.73. The number of aliphatic hydroxyl groups excluding tert-OH is 1. The van der Waals surface area contributed by atoms with Gasteiger partial charge in [0, 0.05) is 38.1 Å². The Balaban J connectivity index is 1.52. The standard InChI is InChI=1S/C19H30N4O2/c1-21(2)17-8-15-11-23(12-16(15)9-18(17)24)19(25)13-22(3)10-14-4-6-20-7-5-14/h4-7,15-18,24H,8-13H2,1-3H3/t15-,16+,17-,18-/m1/s1. The van der Waals surface area contributed by atoms with Crippen molar-refractivity contribution in [1.29, 1.82) is 0 Å². The van der Waals surface area contributed by atoms with Crippen molar-refractivity contribution < 1.29 is 9.90 Å². The van der Waals surface area contributed by atoms with Gasteiger partial charge in [0.25, 0.3) is 0 Å². The van der Waals surface area contributed by atoms with Crippen LogP contribution >= 0.6 is 0 Å². The molecule has 1 saturated heterocycles. The summed E-state index contributed by atoms with van der Waals surface area (Å²) in [6.07, 6.45) is 5.07. The van der Waals surface area contributed by atoms with Gasteiger partial charge in [-0.1, -0.05) is 0 Å². The Kier molecular flexibility index (Phi) is 5.71. The lowest BCUT2D eigenvalue weighted by Gasteiger charge is -2.38. The highest BCUT2D eigenvalue weighted by Crippen LogP contribution is 2.37. The molecule has 1 N–H and O–H groups in total. The van der Waals surface area contributed by atoms with Crippen LogP contribution in [-0.4, -0.2) is 83.6 Å². The van der Waals surface area contributed by atoms with Crippen molar-refractivity contribution in [2.75, 3.05) is 40.8 Å². The average Bonchev–Trinajstić information content (AvgIpc) is 2.97. The first-order chi connectivity index (χ1) is 11.9. The maximum absolute atomic E-state index is 12.7. The molecule has 6 nitrogen and oxygen atoms in total. The van der Waals surface area contributed by atoms with Crippen LogP contribution in [0, 0.1) is 11.8 Å². The van der Waals surface area contributed by atoms with Crippen LogP contribution in [0.3, 0.4) is 0 Å². The SMILES string of the molecule is CN(CC(=O)N1C[C@H]2C[C@@H](N(C)C)[C@H](O)C[C@H]2C1)Cc1ccncc1. The van der Waals surface area contributed by atoms with E-state index in [-0.39, 0.29) is 18.1 Å². The molecule has 2 aliphatic rings. The van der Waals surface area contributed by atoms with E-state index >= 15 is 0 Å². The van der Waals surface area contributed by atoms with E-state index in [9.17, 15) is 9.90 Å². The molecular formula is C19H30N4O2. The fourth-order valence-corrected chi connectivity index (χ4v) is 4.35. The molecule has 0 radical (unpaired) electrons. The van der Waals surface area contributed by atoms with Crippen molar-refractivity contribution in [3.05, 3.63) is 30.1 Å². The Hall–Kier alpha value is -1.50. The topological polar surface area (TPSA) is 59.9 Å². The first-order valence-electron chi connectivity index (χ1n) is 9.13. The number of aromatic nitrogens is 1. The van der Waals surface area contributed by atoms with Gasteiger partial charge in [-0.25, -0.2) is 0 Å². The van der Waals surface area contributed by atoms with Crippen LogP contribution in [0.15, 0.2) is 24.5 Å². The van der Waals surface area contributed by atoms with Gasteiger partial charge in [0.1, 0.15) is 0 Å². The number of aliphatic hydroxyl groups is 1. The first kappa shape index (κ1) is 18.3. The number of pyridine rings is 1. The quantitative estimate of drug-likeness (QED) is 0.849. The highest BCUT2D eigenvalue weighted by Gasteiger charge is 2.43. The second kappa shape index (κ2) is 7.81. The molecule has 2 fully saturated rings. The van der Waals surface area contributed by atoms with Crippen molar-refractivity contribution in [2.45, 2.75) is 31.5 Å². The van der Waals surface area contributed by atoms with Crippen molar-refractivity contribution in [3.8, 4) is 0 Å². The molecule has 0 unspecified atom stereocenters. The van der Waals surface area contributed by atoms with Gasteiger partial charge >= 0.3 is 0 Å². The summed E-state index contributed by atoms with van der Waals surface area (Å²) >= 11 is 0. The average molecular weight is 346 g/mol. The summed E-state index contributed by atoms with van der Waals surface area (Å²) in [4.78, 5) is 22.9. The molecule has 6 heteroatoms. The number of nitrogens with zero attached hydrogens (tertiary/aromatic N) is 4. The lowest BCUT2D eigenvalue weighted by Crippen LogP contribution is -2.46. The van der Waals surface area contributed by atoms with Gasteiger partial charge in [0.15, 0.2) is 0 Å². The fraction of sp³-hybridized carbons (Fsp3) is 0.684. The van der Waals surface area contributed by atoms with Gasteiger partial charge in [-0.2, -0.15) is 0 Å². The summed E-state index contributed by atoms with van der Waals surface area (Å²) in [6, 6.07) is 4.17. The van der Waals surface area contributed by atoms with Crippen LogP contribution in [0.25, 0.3) is 0 Å². The number of amides is 1. The minimum Gasteiger partial charge on any atom is -0.391 e. The minimum atomic E-state index is -0.277. The zero-order valence-electron chi connectivity index (χ0n) is 15.5. The molecule has 25 heavy (non-hydrogen) atoms. The second-order valence-corrected chi connectivity index (χ2v) is 7.92. The fourth-order valence-electron chi connectivity index (χ4n) is 4.35. The Labute approximate surface area is 150 Å². The number of likely N-dealkylation sites (tertiary alicyclic amines) is 1. The van der Waals surface area contributed by atoms with Crippen molar-refractivity contribution in [3.63, 3.8) is 0 Å². The third-order valence-corrected chi connectivity index (χ3v) is 5.73. The third kappa shape index (κ3) is 4.37. The summed E-state index contributed by atoms with van der Waals surface area (Å²) in [5, 5.41) is 10.4.